The Hall–Kier alpha value is -2.21. The van der Waals surface area contributed by atoms with Crippen molar-refractivity contribution in [2.24, 2.45) is 0 Å². The summed E-state index contributed by atoms with van der Waals surface area (Å²) >= 11 is 0. The number of hydrogen-bond donors (Lipinski definition) is 0. The monoisotopic (exact) mass is 418 g/mol. The van der Waals surface area contributed by atoms with Crippen LogP contribution in [0.5, 0.6) is 0 Å². The Morgan fingerprint density at radius 3 is 2.53 bits per heavy atom. The molecule has 2 aliphatic rings. The second-order valence-corrected chi connectivity index (χ2v) is 8.98. The molecule has 4 rings (SSSR count). The van der Waals surface area contributed by atoms with Gasteiger partial charge < -0.3 is 0 Å². The quantitative estimate of drug-likeness (QED) is 0.450. The second kappa shape index (κ2) is 7.49. The molecule has 1 aliphatic carbocycles. The summed E-state index contributed by atoms with van der Waals surface area (Å²) in [6, 6.07) is 4.95. The molecule has 160 valence electrons. The first-order valence-corrected chi connectivity index (χ1v) is 10.4. The van der Waals surface area contributed by atoms with Crippen LogP contribution in [-0.4, -0.2) is 28.1 Å². The van der Waals surface area contributed by atoms with Gasteiger partial charge in [0.2, 0.25) is 5.95 Å². The molecule has 0 spiro atoms. The molecule has 2 nitrogen and oxygen atoms in total. The third kappa shape index (κ3) is 3.66. The molecular formula is C24H26F4N2. The van der Waals surface area contributed by atoms with Crippen molar-refractivity contribution < 1.29 is 17.6 Å². The molecule has 0 fully saturated rings. The number of halogens is 4. The van der Waals surface area contributed by atoms with Gasteiger partial charge in [-0.2, -0.15) is 4.39 Å². The first-order valence-electron chi connectivity index (χ1n) is 10.4. The Morgan fingerprint density at radius 2 is 1.90 bits per heavy atom. The molecule has 2 heterocycles. The Balaban J connectivity index is 1.90. The topological polar surface area (TPSA) is 16.1 Å². The summed E-state index contributed by atoms with van der Waals surface area (Å²) in [4.78, 5) is 5.78. The molecule has 2 atom stereocenters. The average Bonchev–Trinajstić information content (AvgIpc) is 2.99. The van der Waals surface area contributed by atoms with E-state index in [0.29, 0.717) is 25.0 Å². The first-order chi connectivity index (χ1) is 14.1. The van der Waals surface area contributed by atoms with E-state index in [1.165, 1.54) is 32.0 Å². The van der Waals surface area contributed by atoms with E-state index in [2.05, 4.69) is 4.98 Å². The van der Waals surface area contributed by atoms with Crippen LogP contribution in [0.15, 0.2) is 29.8 Å². The maximum Gasteiger partial charge on any atom is 0.221 e. The van der Waals surface area contributed by atoms with Crippen LogP contribution >= 0.6 is 0 Å². The zero-order chi connectivity index (χ0) is 21.8. The van der Waals surface area contributed by atoms with Gasteiger partial charge in [0.05, 0.1) is 11.6 Å². The smallest absolute Gasteiger partial charge is 0.221 e. The maximum atomic E-state index is 15.2. The minimum absolute atomic E-state index is 0.0225. The van der Waals surface area contributed by atoms with E-state index < -0.39 is 23.5 Å². The SMILES string of the molecule is CCc1cc(F)c(C2C3=C(CC(C)N2CC(C)(C)F)c2ccc(F)cc2C3)c(F)n1. The Morgan fingerprint density at radius 1 is 1.17 bits per heavy atom. The highest BCUT2D eigenvalue weighted by molar-refractivity contribution is 5.79. The molecule has 1 aliphatic heterocycles. The van der Waals surface area contributed by atoms with Crippen LogP contribution in [0, 0.1) is 17.6 Å². The van der Waals surface area contributed by atoms with Crippen LogP contribution in [0.2, 0.25) is 0 Å². The third-order valence-electron chi connectivity index (χ3n) is 6.10. The number of nitrogens with zero attached hydrogens (tertiary/aromatic N) is 2. The standard InChI is InChI=1S/C24H26F4N2/c1-5-16-11-20(26)21(23(27)29-16)22-19-10-14-9-15(25)6-7-17(14)18(19)8-13(2)30(22)12-24(3,4)28/h6-7,9,11,13,22H,5,8,10,12H2,1-4H3. The van der Waals surface area contributed by atoms with Gasteiger partial charge in [0.15, 0.2) is 0 Å². The zero-order valence-electron chi connectivity index (χ0n) is 17.7. The number of benzene rings is 1. The van der Waals surface area contributed by atoms with E-state index >= 15 is 8.78 Å². The molecule has 2 aromatic rings. The zero-order valence-corrected chi connectivity index (χ0v) is 17.7. The Bertz CT molecular complexity index is 999. The average molecular weight is 418 g/mol. The summed E-state index contributed by atoms with van der Waals surface area (Å²) in [5, 5.41) is 0. The number of aryl methyl sites for hydroxylation is 1. The van der Waals surface area contributed by atoms with Crippen molar-refractivity contribution in [1.29, 1.82) is 0 Å². The number of aromatic nitrogens is 1. The summed E-state index contributed by atoms with van der Waals surface area (Å²) in [5.74, 6) is -1.87. The molecule has 0 saturated carbocycles. The van der Waals surface area contributed by atoms with Crippen molar-refractivity contribution in [3.63, 3.8) is 0 Å². The summed E-state index contributed by atoms with van der Waals surface area (Å²) in [6.07, 6.45) is 1.41. The van der Waals surface area contributed by atoms with Crippen LogP contribution in [0.25, 0.3) is 5.57 Å². The maximum absolute atomic E-state index is 15.2. The minimum Gasteiger partial charge on any atom is -0.286 e. The molecular weight excluding hydrogens is 392 g/mol. The number of fused-ring (bicyclic) bond motifs is 2. The lowest BCUT2D eigenvalue weighted by atomic mass is 9.84. The predicted octanol–water partition coefficient (Wildman–Crippen LogP) is 5.95. The highest BCUT2D eigenvalue weighted by Gasteiger charge is 2.43. The molecule has 2 unspecified atom stereocenters. The summed E-state index contributed by atoms with van der Waals surface area (Å²) < 4.78 is 58.8. The van der Waals surface area contributed by atoms with Crippen molar-refractivity contribution in [2.45, 2.75) is 64.7 Å². The van der Waals surface area contributed by atoms with E-state index in [4.69, 9.17) is 0 Å². The van der Waals surface area contributed by atoms with Crippen LogP contribution in [0.1, 0.15) is 62.5 Å². The highest BCUT2D eigenvalue weighted by atomic mass is 19.1. The van der Waals surface area contributed by atoms with Gasteiger partial charge in [-0.15, -0.1) is 0 Å². The van der Waals surface area contributed by atoms with E-state index in [-0.39, 0.29) is 24.0 Å². The number of pyridine rings is 1. The molecule has 1 aromatic carbocycles. The molecule has 6 heteroatoms. The number of rotatable bonds is 4. The van der Waals surface area contributed by atoms with Crippen LogP contribution in [0.3, 0.4) is 0 Å². The number of hydrogen-bond acceptors (Lipinski definition) is 2. The van der Waals surface area contributed by atoms with Gasteiger partial charge in [0, 0.05) is 18.3 Å². The fourth-order valence-corrected chi connectivity index (χ4v) is 4.84. The van der Waals surface area contributed by atoms with Gasteiger partial charge in [-0.25, -0.2) is 18.2 Å². The van der Waals surface area contributed by atoms with Crippen molar-refractivity contribution >= 4 is 5.57 Å². The van der Waals surface area contributed by atoms with Gasteiger partial charge in [0.1, 0.15) is 17.3 Å². The lowest BCUT2D eigenvalue weighted by molar-refractivity contribution is 0.0673. The van der Waals surface area contributed by atoms with Gasteiger partial charge in [-0.05, 0) is 80.5 Å². The molecule has 0 radical (unpaired) electrons. The Labute approximate surface area is 174 Å². The lowest BCUT2D eigenvalue weighted by Gasteiger charge is -2.44. The molecule has 0 amide bonds. The predicted molar refractivity (Wildman–Crippen MR) is 109 cm³/mol. The lowest BCUT2D eigenvalue weighted by Crippen LogP contribution is -2.47. The molecule has 1 aromatic heterocycles. The molecule has 30 heavy (non-hydrogen) atoms. The Kier molecular flexibility index (Phi) is 5.25. The fourth-order valence-electron chi connectivity index (χ4n) is 4.84. The van der Waals surface area contributed by atoms with E-state index in [0.717, 1.165) is 22.3 Å². The third-order valence-corrected chi connectivity index (χ3v) is 6.10. The molecule has 0 bridgehead atoms. The van der Waals surface area contributed by atoms with Crippen molar-refractivity contribution in [2.75, 3.05) is 6.54 Å². The van der Waals surface area contributed by atoms with Gasteiger partial charge in [-0.1, -0.05) is 13.0 Å². The molecule has 0 saturated heterocycles. The first kappa shape index (κ1) is 21.0. The minimum atomic E-state index is -1.55. The van der Waals surface area contributed by atoms with Crippen LogP contribution in [0.4, 0.5) is 17.6 Å². The summed E-state index contributed by atoms with van der Waals surface area (Å²) in [6.45, 7) is 6.67. The summed E-state index contributed by atoms with van der Waals surface area (Å²) in [5.41, 5.74) is 2.14. The fraction of sp³-hybridized carbons (Fsp3) is 0.458. The van der Waals surface area contributed by atoms with E-state index in [1.54, 1.807) is 13.0 Å². The summed E-state index contributed by atoms with van der Waals surface area (Å²) in [7, 11) is 0. The largest absolute Gasteiger partial charge is 0.286 e. The van der Waals surface area contributed by atoms with Gasteiger partial charge in [-0.3, -0.25) is 4.90 Å². The van der Waals surface area contributed by atoms with Crippen molar-refractivity contribution in [3.8, 4) is 0 Å². The van der Waals surface area contributed by atoms with Gasteiger partial charge in [0.25, 0.3) is 0 Å². The normalized spacial score (nSPS) is 21.7. The highest BCUT2D eigenvalue weighted by Crippen LogP contribution is 2.50. The van der Waals surface area contributed by atoms with Crippen molar-refractivity contribution in [1.82, 2.24) is 9.88 Å². The van der Waals surface area contributed by atoms with Crippen LogP contribution in [-0.2, 0) is 12.8 Å². The van der Waals surface area contributed by atoms with Crippen molar-refractivity contribution in [3.05, 3.63) is 69.8 Å². The second-order valence-electron chi connectivity index (χ2n) is 8.98. The molecule has 0 N–H and O–H groups in total. The van der Waals surface area contributed by atoms with E-state index in [9.17, 15) is 8.78 Å². The van der Waals surface area contributed by atoms with Gasteiger partial charge >= 0.3 is 0 Å². The van der Waals surface area contributed by atoms with Crippen LogP contribution < -0.4 is 0 Å². The van der Waals surface area contributed by atoms with E-state index in [1.807, 2.05) is 11.8 Å². The number of alkyl halides is 1.